The summed E-state index contributed by atoms with van der Waals surface area (Å²) in [6.07, 6.45) is 40.1. The van der Waals surface area contributed by atoms with E-state index in [2.05, 4.69) is 42.0 Å². The van der Waals surface area contributed by atoms with E-state index < -0.39 is 0 Å². The van der Waals surface area contributed by atoms with Crippen LogP contribution in [0.2, 0.25) is 0 Å². The molecule has 0 aliphatic rings. The maximum Gasteiger partial charge on any atom is 0.137 e. The molecular formula is C42H90N2O2+2. The van der Waals surface area contributed by atoms with Gasteiger partial charge in [-0.25, -0.2) is 0 Å². The third-order valence-corrected chi connectivity index (χ3v) is 10.6. The molecule has 2 atom stereocenters. The van der Waals surface area contributed by atoms with E-state index in [0.717, 1.165) is 22.1 Å². The van der Waals surface area contributed by atoms with Crippen LogP contribution in [0.4, 0.5) is 0 Å². The molecule has 0 N–H and O–H groups in total. The van der Waals surface area contributed by atoms with Crippen LogP contribution in [0.1, 0.15) is 194 Å². The lowest BCUT2D eigenvalue weighted by Crippen LogP contribution is -2.55. The predicted molar refractivity (Wildman–Crippen MR) is 206 cm³/mol. The first-order chi connectivity index (χ1) is 22.2. The molecule has 0 radical (unpaired) electrons. The van der Waals surface area contributed by atoms with Gasteiger partial charge in [-0.05, 0) is 25.7 Å². The monoisotopic (exact) mass is 655 g/mol. The molecule has 46 heavy (non-hydrogen) atoms. The summed E-state index contributed by atoms with van der Waals surface area (Å²) in [6.45, 7) is 9.10. The van der Waals surface area contributed by atoms with E-state index in [1.54, 1.807) is 0 Å². The van der Waals surface area contributed by atoms with Crippen molar-refractivity contribution in [2.75, 3.05) is 68.6 Å². The molecule has 278 valence electrons. The lowest BCUT2D eigenvalue weighted by molar-refractivity contribution is -0.902. The summed E-state index contributed by atoms with van der Waals surface area (Å²) < 4.78 is 14.2. The minimum absolute atomic E-state index is 0.139. The molecule has 0 saturated heterocycles. The molecular weight excluding hydrogens is 564 g/mol. The molecule has 0 fully saturated rings. The van der Waals surface area contributed by atoms with Gasteiger partial charge in [-0.3, -0.25) is 0 Å². The van der Waals surface area contributed by atoms with Gasteiger partial charge < -0.3 is 18.4 Å². The fraction of sp³-hybridized carbons (Fsp3) is 1.00. The molecule has 0 saturated carbocycles. The van der Waals surface area contributed by atoms with E-state index in [-0.39, 0.29) is 12.2 Å². The Morgan fingerprint density at radius 2 is 0.522 bits per heavy atom. The highest BCUT2D eigenvalue weighted by molar-refractivity contribution is 4.70. The van der Waals surface area contributed by atoms with Crippen LogP contribution in [0, 0.1) is 0 Å². The fourth-order valence-corrected chi connectivity index (χ4v) is 7.31. The molecule has 0 amide bonds. The van der Waals surface area contributed by atoms with Crippen molar-refractivity contribution in [1.82, 2.24) is 0 Å². The Morgan fingerprint density at radius 1 is 0.326 bits per heavy atom. The number of hydrogen-bond donors (Lipinski definition) is 0. The van der Waals surface area contributed by atoms with Crippen LogP contribution in [0.5, 0.6) is 0 Å². The first-order valence-electron chi connectivity index (χ1n) is 20.9. The SMILES string of the molecule is CCCCCCCCCCCCCCCC[N+](C)(C)C[C@@H](OC)[C@@H](C[N+](C)(C)CCCCCCCCCCCCCCCC)OC. The summed E-state index contributed by atoms with van der Waals surface area (Å²) in [5.74, 6) is 0. The smallest absolute Gasteiger partial charge is 0.137 e. The summed E-state index contributed by atoms with van der Waals surface area (Å²) in [7, 11) is 13.3. The Bertz CT molecular complexity index is 556. The van der Waals surface area contributed by atoms with Crippen LogP contribution in [-0.4, -0.2) is 89.8 Å². The molecule has 0 aliphatic carbocycles. The third kappa shape index (κ3) is 29.9. The van der Waals surface area contributed by atoms with Gasteiger partial charge in [-0.1, -0.05) is 168 Å². The number of unbranched alkanes of at least 4 members (excludes halogenated alkanes) is 26. The highest BCUT2D eigenvalue weighted by atomic mass is 16.5. The lowest BCUT2D eigenvalue weighted by atomic mass is 10.0. The van der Waals surface area contributed by atoms with E-state index in [4.69, 9.17) is 9.47 Å². The molecule has 4 heteroatoms. The summed E-state index contributed by atoms with van der Waals surface area (Å²) >= 11 is 0. The van der Waals surface area contributed by atoms with Gasteiger partial charge >= 0.3 is 0 Å². The minimum atomic E-state index is 0.139. The van der Waals surface area contributed by atoms with Crippen LogP contribution in [0.3, 0.4) is 0 Å². The third-order valence-electron chi connectivity index (χ3n) is 10.6. The van der Waals surface area contributed by atoms with Crippen LogP contribution in [-0.2, 0) is 9.47 Å². The topological polar surface area (TPSA) is 18.5 Å². The minimum Gasteiger partial charge on any atom is -0.373 e. The standard InChI is InChI=1S/C42H90N2O2/c1-9-11-13-15-17-19-21-23-25-27-29-31-33-35-37-43(3,4)39-41(45-7)42(46-8)40-44(5,6)38-36-34-32-30-28-26-24-22-20-18-16-14-12-10-2/h41-42H,9-40H2,1-8H3/q+2/t41-,42-/m1/s1. The van der Waals surface area contributed by atoms with Crippen molar-refractivity contribution in [2.45, 2.75) is 206 Å². The van der Waals surface area contributed by atoms with Crippen LogP contribution < -0.4 is 0 Å². The molecule has 0 spiro atoms. The lowest BCUT2D eigenvalue weighted by Gasteiger charge is -2.39. The molecule has 0 heterocycles. The largest absolute Gasteiger partial charge is 0.373 e. The Kier molecular flexibility index (Phi) is 32.0. The van der Waals surface area contributed by atoms with Gasteiger partial charge in [0.2, 0.25) is 0 Å². The zero-order valence-corrected chi connectivity index (χ0v) is 33.5. The maximum atomic E-state index is 6.09. The van der Waals surface area contributed by atoms with Crippen LogP contribution in [0.25, 0.3) is 0 Å². The Morgan fingerprint density at radius 3 is 0.717 bits per heavy atom. The number of hydrogen-bond acceptors (Lipinski definition) is 2. The second-order valence-corrected chi connectivity index (χ2v) is 16.4. The summed E-state index contributed by atoms with van der Waals surface area (Å²) in [6, 6.07) is 0. The number of likely N-dealkylation sites (N-methyl/N-ethyl adjacent to an activating group) is 2. The molecule has 0 rings (SSSR count). The zero-order chi connectivity index (χ0) is 34.2. The van der Waals surface area contributed by atoms with Gasteiger partial charge in [0, 0.05) is 14.2 Å². The molecule has 0 aromatic heterocycles. The second kappa shape index (κ2) is 32.1. The predicted octanol–water partition coefficient (Wildman–Crippen LogP) is 12.1. The Balaban J connectivity index is 4.02. The van der Waals surface area contributed by atoms with Gasteiger partial charge in [-0.15, -0.1) is 0 Å². The average molecular weight is 655 g/mol. The van der Waals surface area contributed by atoms with Gasteiger partial charge in [-0.2, -0.15) is 0 Å². The van der Waals surface area contributed by atoms with E-state index in [1.807, 2.05) is 14.2 Å². The van der Waals surface area contributed by atoms with Gasteiger partial charge in [0.15, 0.2) is 0 Å². The quantitative estimate of drug-likeness (QED) is 0.0490. The highest BCUT2D eigenvalue weighted by Crippen LogP contribution is 2.18. The van der Waals surface area contributed by atoms with Crippen molar-refractivity contribution in [1.29, 1.82) is 0 Å². The maximum absolute atomic E-state index is 6.09. The number of rotatable bonds is 37. The average Bonchev–Trinajstić information content (AvgIpc) is 3.03. The fourth-order valence-electron chi connectivity index (χ4n) is 7.31. The second-order valence-electron chi connectivity index (χ2n) is 16.4. The first-order valence-corrected chi connectivity index (χ1v) is 20.9. The molecule has 4 nitrogen and oxygen atoms in total. The number of ether oxygens (including phenoxy) is 2. The summed E-state index contributed by atoms with van der Waals surface area (Å²) in [5, 5.41) is 0. The van der Waals surface area contributed by atoms with E-state index >= 15 is 0 Å². The van der Waals surface area contributed by atoms with Crippen molar-refractivity contribution < 1.29 is 18.4 Å². The van der Waals surface area contributed by atoms with Crippen molar-refractivity contribution in [3.05, 3.63) is 0 Å². The molecule has 0 bridgehead atoms. The number of nitrogens with zero attached hydrogens (tertiary/aromatic N) is 2. The van der Waals surface area contributed by atoms with Crippen LogP contribution >= 0.6 is 0 Å². The Hall–Kier alpha value is -0.160. The van der Waals surface area contributed by atoms with Crippen LogP contribution in [0.15, 0.2) is 0 Å². The summed E-state index contributed by atoms with van der Waals surface area (Å²) in [5.41, 5.74) is 0. The molecule has 0 aliphatic heterocycles. The van der Waals surface area contributed by atoms with Crippen molar-refractivity contribution >= 4 is 0 Å². The number of quaternary nitrogens is 2. The van der Waals surface area contributed by atoms with Gasteiger partial charge in [0.1, 0.15) is 25.3 Å². The zero-order valence-electron chi connectivity index (χ0n) is 33.5. The van der Waals surface area contributed by atoms with E-state index in [1.165, 1.54) is 193 Å². The van der Waals surface area contributed by atoms with Gasteiger partial charge in [0.05, 0.1) is 41.3 Å². The van der Waals surface area contributed by atoms with Gasteiger partial charge in [0.25, 0.3) is 0 Å². The molecule has 0 aromatic rings. The highest BCUT2D eigenvalue weighted by Gasteiger charge is 2.33. The normalized spacial score (nSPS) is 13.8. The Labute approximate surface area is 292 Å². The number of methoxy groups -OCH3 is 2. The van der Waals surface area contributed by atoms with Crippen molar-refractivity contribution in [2.24, 2.45) is 0 Å². The van der Waals surface area contributed by atoms with Crippen molar-refractivity contribution in [3.8, 4) is 0 Å². The van der Waals surface area contributed by atoms with E-state index in [9.17, 15) is 0 Å². The van der Waals surface area contributed by atoms with Crippen molar-refractivity contribution in [3.63, 3.8) is 0 Å². The first kappa shape index (κ1) is 45.8. The molecule has 0 aromatic carbocycles. The van der Waals surface area contributed by atoms with E-state index in [0.29, 0.717) is 0 Å². The molecule has 0 unspecified atom stereocenters. The summed E-state index contributed by atoms with van der Waals surface area (Å²) in [4.78, 5) is 0.